The van der Waals surface area contributed by atoms with Crippen molar-refractivity contribution in [1.82, 2.24) is 9.80 Å². The molecule has 172 valence electrons. The molecule has 3 rings (SSSR count). The number of aliphatic hydroxyl groups is 1. The van der Waals surface area contributed by atoms with Crippen LogP contribution in [0.3, 0.4) is 0 Å². The molecule has 8 heteroatoms. The number of amides is 2. The van der Waals surface area contributed by atoms with Gasteiger partial charge in [-0.15, -0.1) is 0 Å². The average molecular weight is 453 g/mol. The Labute approximate surface area is 189 Å². The molecule has 2 fully saturated rings. The highest BCUT2D eigenvalue weighted by molar-refractivity contribution is 6.32. The maximum atomic E-state index is 12.7. The topological polar surface area (TPSA) is 79.3 Å². The van der Waals surface area contributed by atoms with Gasteiger partial charge in [-0.05, 0) is 63.3 Å². The van der Waals surface area contributed by atoms with E-state index in [-0.39, 0.29) is 31.1 Å². The normalized spacial score (nSPS) is 25.4. The molecule has 1 N–H and O–H groups in total. The minimum Gasteiger partial charge on any atom is -0.484 e. The molecule has 0 radical (unpaired) electrons. The van der Waals surface area contributed by atoms with Crippen molar-refractivity contribution in [3.63, 3.8) is 0 Å². The predicted molar refractivity (Wildman–Crippen MR) is 118 cm³/mol. The molecule has 0 aromatic heterocycles. The first kappa shape index (κ1) is 23.8. The Morgan fingerprint density at radius 1 is 1.29 bits per heavy atom. The van der Waals surface area contributed by atoms with Gasteiger partial charge in [-0.1, -0.05) is 11.6 Å². The van der Waals surface area contributed by atoms with Gasteiger partial charge in [-0.25, -0.2) is 0 Å². The molecule has 7 nitrogen and oxygen atoms in total. The van der Waals surface area contributed by atoms with Crippen LogP contribution in [-0.2, 0) is 14.3 Å². The van der Waals surface area contributed by atoms with Gasteiger partial charge in [0.25, 0.3) is 5.91 Å². The van der Waals surface area contributed by atoms with Crippen LogP contribution in [0.15, 0.2) is 12.1 Å². The Morgan fingerprint density at radius 2 is 1.87 bits per heavy atom. The van der Waals surface area contributed by atoms with E-state index in [4.69, 9.17) is 21.1 Å². The molecule has 1 aromatic rings. The number of hydrogen-bond donors (Lipinski definition) is 1. The fourth-order valence-corrected chi connectivity index (χ4v) is 4.65. The Kier molecular flexibility index (Phi) is 6.89. The number of aryl methyl sites for hydroxylation is 2. The van der Waals surface area contributed by atoms with E-state index in [1.165, 1.54) is 6.92 Å². The van der Waals surface area contributed by atoms with Gasteiger partial charge < -0.3 is 24.4 Å². The van der Waals surface area contributed by atoms with Crippen LogP contribution in [-0.4, -0.2) is 77.3 Å². The SMILES string of the molecule is CC(=O)N(C)[C@H]1CC2(CCN(C(=O)COc3cc(C)c(Cl)c(C)c3)CC2)OC[C@]1(C)O. The second-order valence-electron chi connectivity index (χ2n) is 9.22. The van der Waals surface area contributed by atoms with Crippen molar-refractivity contribution in [1.29, 1.82) is 0 Å². The molecular formula is C23H33ClN2O5. The van der Waals surface area contributed by atoms with Crippen LogP contribution in [0.2, 0.25) is 5.02 Å². The van der Waals surface area contributed by atoms with Crippen LogP contribution < -0.4 is 4.74 Å². The maximum absolute atomic E-state index is 12.7. The Hall–Kier alpha value is -1.83. The molecule has 1 aromatic carbocycles. The van der Waals surface area contributed by atoms with Gasteiger partial charge in [0.2, 0.25) is 5.91 Å². The highest BCUT2D eigenvalue weighted by Gasteiger charge is 2.50. The number of nitrogens with zero attached hydrogens (tertiary/aromatic N) is 2. The molecule has 2 aliphatic rings. The number of halogens is 1. The van der Waals surface area contributed by atoms with Crippen molar-refractivity contribution in [2.45, 2.75) is 64.2 Å². The second kappa shape index (κ2) is 8.96. The van der Waals surface area contributed by atoms with Gasteiger partial charge in [0, 0.05) is 32.1 Å². The van der Waals surface area contributed by atoms with Crippen molar-refractivity contribution >= 4 is 23.4 Å². The number of likely N-dealkylation sites (tertiary alicyclic amines) is 1. The molecule has 1 spiro atoms. The molecule has 2 heterocycles. The number of carbonyl (C=O) groups is 2. The maximum Gasteiger partial charge on any atom is 0.260 e. The molecule has 0 bridgehead atoms. The van der Waals surface area contributed by atoms with Gasteiger partial charge >= 0.3 is 0 Å². The Bertz CT molecular complexity index is 825. The van der Waals surface area contributed by atoms with Crippen molar-refractivity contribution in [3.8, 4) is 5.75 Å². The van der Waals surface area contributed by atoms with Gasteiger partial charge in [-0.2, -0.15) is 0 Å². The number of benzene rings is 1. The highest BCUT2D eigenvalue weighted by Crippen LogP contribution is 2.40. The standard InChI is InChI=1S/C23H33ClN2O5/c1-15-10-18(11-16(2)21(15)24)30-13-20(28)26-8-6-23(7-9-26)12-19(25(5)17(3)27)22(4,29)14-31-23/h10-11,19,29H,6-9,12-14H2,1-5H3/t19-,22-/m0/s1. The summed E-state index contributed by atoms with van der Waals surface area (Å²) in [6, 6.07) is 3.35. The van der Waals surface area contributed by atoms with Crippen LogP contribution in [0.4, 0.5) is 0 Å². The molecule has 2 aliphatic heterocycles. The zero-order chi connectivity index (χ0) is 23.0. The molecular weight excluding hydrogens is 420 g/mol. The van der Waals surface area contributed by atoms with E-state index in [2.05, 4.69) is 0 Å². The summed E-state index contributed by atoms with van der Waals surface area (Å²) in [7, 11) is 1.72. The fourth-order valence-electron chi connectivity index (χ4n) is 4.54. The van der Waals surface area contributed by atoms with E-state index in [1.54, 1.807) is 23.8 Å². The molecule has 0 aliphatic carbocycles. The van der Waals surface area contributed by atoms with Gasteiger partial charge in [0.1, 0.15) is 11.4 Å². The predicted octanol–water partition coefficient (Wildman–Crippen LogP) is 2.72. The zero-order valence-corrected chi connectivity index (χ0v) is 19.8. The summed E-state index contributed by atoms with van der Waals surface area (Å²) < 4.78 is 11.8. The Morgan fingerprint density at radius 3 is 2.42 bits per heavy atom. The van der Waals surface area contributed by atoms with E-state index < -0.39 is 11.2 Å². The van der Waals surface area contributed by atoms with Crippen LogP contribution in [0.5, 0.6) is 5.75 Å². The van der Waals surface area contributed by atoms with E-state index in [9.17, 15) is 14.7 Å². The summed E-state index contributed by atoms with van der Waals surface area (Å²) >= 11 is 6.19. The van der Waals surface area contributed by atoms with E-state index in [1.807, 2.05) is 26.0 Å². The van der Waals surface area contributed by atoms with Gasteiger partial charge in [0.15, 0.2) is 6.61 Å². The molecule has 0 saturated carbocycles. The fraction of sp³-hybridized carbons (Fsp3) is 0.652. The average Bonchev–Trinajstić information content (AvgIpc) is 2.72. The third-order valence-corrected chi connectivity index (χ3v) is 7.31. The van der Waals surface area contributed by atoms with Crippen LogP contribution >= 0.6 is 11.6 Å². The van der Waals surface area contributed by atoms with Crippen LogP contribution in [0.25, 0.3) is 0 Å². The zero-order valence-electron chi connectivity index (χ0n) is 19.0. The van der Waals surface area contributed by atoms with Gasteiger partial charge in [0.05, 0.1) is 18.2 Å². The van der Waals surface area contributed by atoms with E-state index in [0.29, 0.717) is 43.1 Å². The van der Waals surface area contributed by atoms with Crippen molar-refractivity contribution < 1.29 is 24.2 Å². The lowest BCUT2D eigenvalue weighted by molar-refractivity contribution is -0.209. The first-order valence-electron chi connectivity index (χ1n) is 10.7. The summed E-state index contributed by atoms with van der Waals surface area (Å²) in [4.78, 5) is 28.0. The summed E-state index contributed by atoms with van der Waals surface area (Å²) in [5.41, 5.74) is 0.304. The number of ether oxygens (including phenoxy) is 2. The van der Waals surface area contributed by atoms with Crippen molar-refractivity contribution in [2.75, 3.05) is 33.4 Å². The highest BCUT2D eigenvalue weighted by atomic mass is 35.5. The minimum atomic E-state index is -1.10. The summed E-state index contributed by atoms with van der Waals surface area (Å²) in [5.74, 6) is 0.481. The summed E-state index contributed by atoms with van der Waals surface area (Å²) in [6.07, 6.45) is 1.88. The molecule has 2 amide bonds. The smallest absolute Gasteiger partial charge is 0.260 e. The first-order chi connectivity index (χ1) is 14.4. The lowest BCUT2D eigenvalue weighted by Crippen LogP contribution is -2.64. The van der Waals surface area contributed by atoms with E-state index >= 15 is 0 Å². The quantitative estimate of drug-likeness (QED) is 0.759. The monoisotopic (exact) mass is 452 g/mol. The molecule has 2 saturated heterocycles. The molecule has 0 unspecified atom stereocenters. The Balaban J connectivity index is 1.57. The van der Waals surface area contributed by atoms with Crippen molar-refractivity contribution in [3.05, 3.63) is 28.3 Å². The second-order valence-corrected chi connectivity index (χ2v) is 9.60. The van der Waals surface area contributed by atoms with E-state index in [0.717, 1.165) is 11.1 Å². The number of rotatable bonds is 4. The lowest BCUT2D eigenvalue weighted by Gasteiger charge is -2.52. The van der Waals surface area contributed by atoms with Gasteiger partial charge in [-0.3, -0.25) is 9.59 Å². The number of carbonyl (C=O) groups excluding carboxylic acids is 2. The molecule has 2 atom stereocenters. The number of hydrogen-bond acceptors (Lipinski definition) is 5. The first-order valence-corrected chi connectivity index (χ1v) is 11.1. The largest absolute Gasteiger partial charge is 0.484 e. The van der Waals surface area contributed by atoms with Crippen LogP contribution in [0.1, 0.15) is 44.2 Å². The van der Waals surface area contributed by atoms with Crippen molar-refractivity contribution in [2.24, 2.45) is 0 Å². The summed E-state index contributed by atoms with van der Waals surface area (Å²) in [5, 5.41) is 11.4. The molecule has 31 heavy (non-hydrogen) atoms. The number of likely N-dealkylation sites (N-methyl/N-ethyl adjacent to an activating group) is 1. The third-order valence-electron chi connectivity index (χ3n) is 6.72. The minimum absolute atomic E-state index is 0.0290. The summed E-state index contributed by atoms with van der Waals surface area (Å²) in [6.45, 7) is 8.28. The van der Waals surface area contributed by atoms with Crippen LogP contribution in [0, 0.1) is 13.8 Å². The lowest BCUT2D eigenvalue weighted by atomic mass is 9.77. The third kappa shape index (κ3) is 5.16. The number of piperidine rings is 1.